The van der Waals surface area contributed by atoms with Gasteiger partial charge in [-0.2, -0.15) is 5.10 Å². The number of aromatic nitrogens is 2. The number of hydrogen-bond acceptors (Lipinski definition) is 4. The van der Waals surface area contributed by atoms with E-state index in [-0.39, 0.29) is 17.9 Å². The number of hydrazine groups is 1. The van der Waals surface area contributed by atoms with E-state index in [4.69, 9.17) is 0 Å². The Kier molecular flexibility index (Phi) is 4.94. The van der Waals surface area contributed by atoms with E-state index >= 15 is 0 Å². The van der Waals surface area contributed by atoms with Crippen molar-refractivity contribution in [2.24, 2.45) is 0 Å². The van der Waals surface area contributed by atoms with Crippen LogP contribution in [0.5, 0.6) is 0 Å². The van der Waals surface area contributed by atoms with Crippen molar-refractivity contribution in [1.29, 1.82) is 0 Å². The molecule has 2 heterocycles. The lowest BCUT2D eigenvalue weighted by molar-refractivity contribution is -0.117. The molecule has 0 saturated carbocycles. The topological polar surface area (TPSA) is 93.4 Å². The van der Waals surface area contributed by atoms with Gasteiger partial charge in [0.2, 0.25) is 5.91 Å². The van der Waals surface area contributed by atoms with Crippen molar-refractivity contribution >= 4 is 28.5 Å². The highest BCUT2D eigenvalue weighted by Crippen LogP contribution is 2.28. The maximum Gasteiger partial charge on any atom is 0.331 e. The fraction of sp³-hybridized carbons (Fsp3) is 0.286. The Morgan fingerprint density at radius 3 is 2.66 bits per heavy atom. The van der Waals surface area contributed by atoms with Crippen LogP contribution in [0, 0.1) is 0 Å². The molecule has 0 radical (unpaired) electrons. The van der Waals surface area contributed by atoms with Crippen LogP contribution in [-0.4, -0.2) is 46.1 Å². The molecule has 150 valence electrons. The molecule has 1 unspecified atom stereocenters. The monoisotopic (exact) mass is 392 g/mol. The maximum absolute atomic E-state index is 12.8. The number of urea groups is 1. The Labute approximate surface area is 168 Å². The standard InChI is InChI=1S/C21H24N6O2/c1-13(15-9-8-14-6-4-5-7-16(14)10-15)20(28)22-19-17-11-27(12-18(17)23-24-19)25-21(29)26(2)3/h4-10,13H,11-12H2,1-3H3,(H,25,29)(H2,22,23,24,28). The van der Waals surface area contributed by atoms with E-state index in [0.717, 1.165) is 27.6 Å². The number of nitrogens with zero attached hydrogens (tertiary/aromatic N) is 3. The summed E-state index contributed by atoms with van der Waals surface area (Å²) in [7, 11) is 3.37. The Hall–Kier alpha value is -3.39. The molecule has 3 N–H and O–H groups in total. The van der Waals surface area contributed by atoms with Crippen LogP contribution in [-0.2, 0) is 17.9 Å². The van der Waals surface area contributed by atoms with Crippen molar-refractivity contribution in [1.82, 2.24) is 25.5 Å². The van der Waals surface area contributed by atoms with E-state index in [1.807, 2.05) is 43.3 Å². The van der Waals surface area contributed by atoms with Crippen molar-refractivity contribution in [3.8, 4) is 0 Å². The molecule has 4 rings (SSSR count). The SMILES string of the molecule is CC(C(=O)Nc1n[nH]c2c1CN(NC(=O)N(C)C)C2)c1ccc2ccccc2c1. The smallest absolute Gasteiger partial charge is 0.330 e. The van der Waals surface area contributed by atoms with Gasteiger partial charge in [0.15, 0.2) is 5.82 Å². The number of anilines is 1. The third-order valence-electron chi connectivity index (χ3n) is 5.22. The van der Waals surface area contributed by atoms with Crippen LogP contribution in [0.15, 0.2) is 42.5 Å². The third kappa shape index (κ3) is 3.79. The molecule has 1 aliphatic rings. The number of benzene rings is 2. The van der Waals surface area contributed by atoms with Gasteiger partial charge in [-0.25, -0.2) is 9.80 Å². The first-order chi connectivity index (χ1) is 13.9. The molecule has 1 atom stereocenters. The summed E-state index contributed by atoms with van der Waals surface area (Å²) >= 11 is 0. The summed E-state index contributed by atoms with van der Waals surface area (Å²) in [5.41, 5.74) is 5.55. The lowest BCUT2D eigenvalue weighted by atomic mass is 9.97. The fourth-order valence-electron chi connectivity index (χ4n) is 3.41. The highest BCUT2D eigenvalue weighted by molar-refractivity contribution is 5.96. The number of H-pyrrole nitrogens is 1. The minimum Gasteiger partial charge on any atom is -0.330 e. The van der Waals surface area contributed by atoms with Crippen LogP contribution in [0.3, 0.4) is 0 Å². The zero-order valence-corrected chi connectivity index (χ0v) is 16.7. The number of fused-ring (bicyclic) bond motifs is 2. The fourth-order valence-corrected chi connectivity index (χ4v) is 3.41. The van der Waals surface area contributed by atoms with Gasteiger partial charge in [-0.3, -0.25) is 15.3 Å². The van der Waals surface area contributed by atoms with Crippen LogP contribution in [0.4, 0.5) is 10.6 Å². The minimum atomic E-state index is -0.321. The number of hydrogen-bond donors (Lipinski definition) is 3. The van der Waals surface area contributed by atoms with E-state index in [2.05, 4.69) is 27.0 Å². The van der Waals surface area contributed by atoms with Crippen molar-refractivity contribution < 1.29 is 9.59 Å². The second kappa shape index (κ2) is 7.56. The second-order valence-electron chi connectivity index (χ2n) is 7.51. The van der Waals surface area contributed by atoms with E-state index < -0.39 is 0 Å². The molecule has 0 fully saturated rings. The molecule has 3 amide bonds. The van der Waals surface area contributed by atoms with Crippen LogP contribution < -0.4 is 10.7 Å². The number of nitrogens with one attached hydrogen (secondary N) is 3. The maximum atomic E-state index is 12.8. The summed E-state index contributed by atoms with van der Waals surface area (Å²) < 4.78 is 0. The van der Waals surface area contributed by atoms with Gasteiger partial charge in [-0.15, -0.1) is 0 Å². The van der Waals surface area contributed by atoms with E-state index in [9.17, 15) is 9.59 Å². The predicted octanol–water partition coefficient (Wildman–Crippen LogP) is 2.81. The quantitative estimate of drug-likeness (QED) is 0.636. The van der Waals surface area contributed by atoms with Crippen molar-refractivity contribution in [2.45, 2.75) is 25.9 Å². The van der Waals surface area contributed by atoms with Crippen molar-refractivity contribution in [3.63, 3.8) is 0 Å². The van der Waals surface area contributed by atoms with Gasteiger partial charge >= 0.3 is 6.03 Å². The lowest BCUT2D eigenvalue weighted by Crippen LogP contribution is -2.44. The van der Waals surface area contributed by atoms with Crippen LogP contribution in [0.2, 0.25) is 0 Å². The van der Waals surface area contributed by atoms with Crippen LogP contribution in [0.25, 0.3) is 10.8 Å². The zero-order chi connectivity index (χ0) is 20.5. The van der Waals surface area contributed by atoms with E-state index in [1.165, 1.54) is 4.90 Å². The molecule has 8 heteroatoms. The van der Waals surface area contributed by atoms with Crippen LogP contribution >= 0.6 is 0 Å². The summed E-state index contributed by atoms with van der Waals surface area (Å²) in [6, 6.07) is 14.0. The summed E-state index contributed by atoms with van der Waals surface area (Å²) in [4.78, 5) is 26.2. The molecule has 8 nitrogen and oxygen atoms in total. The molecule has 1 aliphatic heterocycles. The largest absolute Gasteiger partial charge is 0.331 e. The first kappa shape index (κ1) is 18.9. The van der Waals surface area contributed by atoms with Gasteiger partial charge in [0.05, 0.1) is 18.2 Å². The van der Waals surface area contributed by atoms with Crippen LogP contribution in [0.1, 0.15) is 29.7 Å². The van der Waals surface area contributed by atoms with Crippen molar-refractivity contribution in [3.05, 3.63) is 59.3 Å². The molecule has 0 saturated heterocycles. The molecule has 2 aromatic carbocycles. The highest BCUT2D eigenvalue weighted by atomic mass is 16.2. The zero-order valence-electron chi connectivity index (χ0n) is 16.7. The Balaban J connectivity index is 1.45. The van der Waals surface area contributed by atoms with Gasteiger partial charge < -0.3 is 10.2 Å². The van der Waals surface area contributed by atoms with Gasteiger partial charge in [-0.1, -0.05) is 42.5 Å². The first-order valence-electron chi connectivity index (χ1n) is 9.51. The van der Waals surface area contributed by atoms with Crippen molar-refractivity contribution in [2.75, 3.05) is 19.4 Å². The number of amides is 3. The highest BCUT2D eigenvalue weighted by Gasteiger charge is 2.28. The molecular formula is C21H24N6O2. The van der Waals surface area contributed by atoms with E-state index in [0.29, 0.717) is 18.9 Å². The molecule has 0 aliphatic carbocycles. The average molecular weight is 392 g/mol. The lowest BCUT2D eigenvalue weighted by Gasteiger charge is -2.20. The summed E-state index contributed by atoms with van der Waals surface area (Å²) in [5, 5.41) is 14.2. The van der Waals surface area contributed by atoms with Gasteiger partial charge in [0.1, 0.15) is 0 Å². The number of carbonyl (C=O) groups excluding carboxylic acids is 2. The molecule has 29 heavy (non-hydrogen) atoms. The third-order valence-corrected chi connectivity index (χ3v) is 5.22. The molecule has 0 spiro atoms. The predicted molar refractivity (Wildman–Crippen MR) is 111 cm³/mol. The van der Waals surface area contributed by atoms with Gasteiger partial charge in [0.25, 0.3) is 0 Å². The Morgan fingerprint density at radius 2 is 1.90 bits per heavy atom. The number of aromatic amines is 1. The molecule has 3 aromatic rings. The summed E-state index contributed by atoms with van der Waals surface area (Å²) in [6.07, 6.45) is 0. The Bertz CT molecular complexity index is 1070. The molecule has 1 aromatic heterocycles. The van der Waals surface area contributed by atoms with E-state index in [1.54, 1.807) is 19.1 Å². The second-order valence-corrected chi connectivity index (χ2v) is 7.51. The first-order valence-corrected chi connectivity index (χ1v) is 9.51. The molecule has 0 bridgehead atoms. The number of rotatable bonds is 4. The average Bonchev–Trinajstić information content (AvgIpc) is 3.28. The Morgan fingerprint density at radius 1 is 1.14 bits per heavy atom. The minimum absolute atomic E-state index is 0.120. The summed E-state index contributed by atoms with van der Waals surface area (Å²) in [5.74, 6) is 0.0718. The normalized spacial score (nSPS) is 14.4. The van der Waals surface area contributed by atoms with Gasteiger partial charge in [0, 0.05) is 26.2 Å². The number of carbonyl (C=O) groups is 2. The summed E-state index contributed by atoms with van der Waals surface area (Å²) in [6.45, 7) is 2.87. The van der Waals surface area contributed by atoms with Gasteiger partial charge in [-0.05, 0) is 23.3 Å². The molecular weight excluding hydrogens is 368 g/mol.